The first-order chi connectivity index (χ1) is 9.74. The van der Waals surface area contributed by atoms with Crippen LogP contribution in [0.2, 0.25) is 0 Å². The highest BCUT2D eigenvalue weighted by Crippen LogP contribution is 2.19. The third-order valence-corrected chi connectivity index (χ3v) is 3.34. The highest BCUT2D eigenvalue weighted by molar-refractivity contribution is 5.44. The predicted octanol–water partition coefficient (Wildman–Crippen LogP) is 1.04. The normalized spacial score (nSPS) is 15.5. The SMILES string of the molecule is Cc1cc(N2CCN(c3ncncc3F)CC2)ncn1. The van der Waals surface area contributed by atoms with Crippen molar-refractivity contribution in [3.63, 3.8) is 0 Å². The zero-order valence-electron chi connectivity index (χ0n) is 11.2. The molecule has 0 atom stereocenters. The van der Waals surface area contributed by atoms with E-state index in [9.17, 15) is 4.39 Å². The number of aromatic nitrogens is 4. The van der Waals surface area contributed by atoms with Gasteiger partial charge in [0.15, 0.2) is 11.6 Å². The van der Waals surface area contributed by atoms with Crippen LogP contribution >= 0.6 is 0 Å². The number of halogens is 1. The van der Waals surface area contributed by atoms with E-state index in [0.29, 0.717) is 18.9 Å². The molecule has 1 saturated heterocycles. The van der Waals surface area contributed by atoms with E-state index in [-0.39, 0.29) is 5.82 Å². The molecule has 3 rings (SSSR count). The average molecular weight is 274 g/mol. The molecular formula is C13H15FN6. The minimum Gasteiger partial charge on any atom is -0.353 e. The van der Waals surface area contributed by atoms with Crippen LogP contribution in [-0.2, 0) is 0 Å². The maximum atomic E-state index is 13.6. The van der Waals surface area contributed by atoms with Crippen LogP contribution < -0.4 is 9.80 Å². The van der Waals surface area contributed by atoms with Crippen LogP contribution in [0.4, 0.5) is 16.0 Å². The molecule has 2 aromatic rings. The Morgan fingerprint density at radius 1 is 1.00 bits per heavy atom. The van der Waals surface area contributed by atoms with Gasteiger partial charge in [0, 0.05) is 37.9 Å². The fraction of sp³-hybridized carbons (Fsp3) is 0.385. The van der Waals surface area contributed by atoms with E-state index in [0.717, 1.165) is 24.6 Å². The first kappa shape index (κ1) is 12.7. The van der Waals surface area contributed by atoms with Crippen LogP contribution in [0, 0.1) is 12.7 Å². The van der Waals surface area contributed by atoms with E-state index in [1.165, 1.54) is 12.5 Å². The van der Waals surface area contributed by atoms with Crippen LogP contribution in [0.5, 0.6) is 0 Å². The molecule has 2 aromatic heterocycles. The van der Waals surface area contributed by atoms with Gasteiger partial charge >= 0.3 is 0 Å². The Morgan fingerprint density at radius 3 is 2.45 bits per heavy atom. The van der Waals surface area contributed by atoms with Crippen LogP contribution in [0.25, 0.3) is 0 Å². The minimum absolute atomic E-state index is 0.374. The molecular weight excluding hydrogens is 259 g/mol. The second kappa shape index (κ2) is 5.36. The molecule has 1 aliphatic heterocycles. The maximum Gasteiger partial charge on any atom is 0.183 e. The van der Waals surface area contributed by atoms with Gasteiger partial charge in [-0.25, -0.2) is 24.3 Å². The van der Waals surface area contributed by atoms with Crippen LogP contribution in [0.15, 0.2) is 24.9 Å². The van der Waals surface area contributed by atoms with Crippen molar-refractivity contribution in [3.8, 4) is 0 Å². The Balaban J connectivity index is 1.70. The lowest BCUT2D eigenvalue weighted by Crippen LogP contribution is -2.47. The van der Waals surface area contributed by atoms with Gasteiger partial charge in [0.1, 0.15) is 18.5 Å². The van der Waals surface area contributed by atoms with Crippen molar-refractivity contribution in [2.45, 2.75) is 6.92 Å². The molecule has 0 saturated carbocycles. The van der Waals surface area contributed by atoms with Gasteiger partial charge < -0.3 is 9.80 Å². The molecule has 0 bridgehead atoms. The fourth-order valence-corrected chi connectivity index (χ4v) is 2.30. The minimum atomic E-state index is -0.376. The van der Waals surface area contributed by atoms with E-state index < -0.39 is 0 Å². The number of aryl methyl sites for hydroxylation is 1. The Bertz CT molecular complexity index is 597. The summed E-state index contributed by atoms with van der Waals surface area (Å²) in [4.78, 5) is 20.2. The molecule has 20 heavy (non-hydrogen) atoms. The van der Waals surface area contributed by atoms with Crippen LogP contribution in [0.3, 0.4) is 0 Å². The molecule has 1 fully saturated rings. The number of piperazine rings is 1. The third kappa shape index (κ3) is 2.52. The first-order valence-corrected chi connectivity index (χ1v) is 6.48. The molecule has 0 N–H and O–H groups in total. The molecule has 1 aliphatic rings. The topological polar surface area (TPSA) is 58.0 Å². The molecule has 0 aliphatic carbocycles. The Morgan fingerprint density at radius 2 is 1.75 bits per heavy atom. The van der Waals surface area contributed by atoms with Crippen molar-refractivity contribution in [1.29, 1.82) is 0 Å². The molecule has 0 spiro atoms. The summed E-state index contributed by atoms with van der Waals surface area (Å²) in [5.74, 6) is 0.914. The number of nitrogens with zero attached hydrogens (tertiary/aromatic N) is 6. The Kier molecular flexibility index (Phi) is 3.41. The van der Waals surface area contributed by atoms with Gasteiger partial charge in [0.2, 0.25) is 0 Å². The number of rotatable bonds is 2. The second-order valence-corrected chi connectivity index (χ2v) is 4.69. The fourth-order valence-electron chi connectivity index (χ4n) is 2.30. The maximum absolute atomic E-state index is 13.6. The molecule has 0 amide bonds. The zero-order chi connectivity index (χ0) is 13.9. The quantitative estimate of drug-likeness (QED) is 0.815. The highest BCUT2D eigenvalue weighted by atomic mass is 19.1. The number of anilines is 2. The molecule has 0 aromatic carbocycles. The second-order valence-electron chi connectivity index (χ2n) is 4.69. The van der Waals surface area contributed by atoms with Crippen LogP contribution in [0.1, 0.15) is 5.69 Å². The van der Waals surface area contributed by atoms with Gasteiger partial charge in [-0.15, -0.1) is 0 Å². The summed E-state index contributed by atoms with van der Waals surface area (Å²) >= 11 is 0. The van der Waals surface area contributed by atoms with Crippen molar-refractivity contribution in [3.05, 3.63) is 36.4 Å². The van der Waals surface area contributed by atoms with Crippen molar-refractivity contribution in [1.82, 2.24) is 19.9 Å². The summed E-state index contributed by atoms with van der Waals surface area (Å²) in [6.07, 6.45) is 4.14. The van der Waals surface area contributed by atoms with Gasteiger partial charge in [-0.1, -0.05) is 0 Å². The van der Waals surface area contributed by atoms with Crippen molar-refractivity contribution in [2.75, 3.05) is 36.0 Å². The van der Waals surface area contributed by atoms with Crippen molar-refractivity contribution < 1.29 is 4.39 Å². The van der Waals surface area contributed by atoms with E-state index in [2.05, 4.69) is 24.8 Å². The largest absolute Gasteiger partial charge is 0.353 e. The molecule has 6 nitrogen and oxygen atoms in total. The third-order valence-electron chi connectivity index (χ3n) is 3.34. The Hall–Kier alpha value is -2.31. The summed E-state index contributed by atoms with van der Waals surface area (Å²) < 4.78 is 13.6. The van der Waals surface area contributed by atoms with E-state index in [4.69, 9.17) is 0 Å². The molecule has 104 valence electrons. The van der Waals surface area contributed by atoms with Crippen molar-refractivity contribution in [2.24, 2.45) is 0 Å². The monoisotopic (exact) mass is 274 g/mol. The predicted molar refractivity (Wildman–Crippen MR) is 73.2 cm³/mol. The molecule has 7 heteroatoms. The lowest BCUT2D eigenvalue weighted by Gasteiger charge is -2.36. The van der Waals surface area contributed by atoms with Gasteiger partial charge in [0.25, 0.3) is 0 Å². The van der Waals surface area contributed by atoms with E-state index in [1.54, 1.807) is 6.33 Å². The molecule has 0 radical (unpaired) electrons. The van der Waals surface area contributed by atoms with E-state index >= 15 is 0 Å². The lowest BCUT2D eigenvalue weighted by atomic mass is 10.3. The first-order valence-electron chi connectivity index (χ1n) is 6.48. The zero-order valence-corrected chi connectivity index (χ0v) is 11.2. The Labute approximate surface area is 116 Å². The average Bonchev–Trinajstić information content (AvgIpc) is 2.48. The standard InChI is InChI=1S/C13H15FN6/c1-10-6-12(17-9-16-10)19-2-4-20(5-3-19)13-11(14)7-15-8-18-13/h6-9H,2-5H2,1H3. The summed E-state index contributed by atoms with van der Waals surface area (Å²) in [7, 11) is 0. The van der Waals surface area contributed by atoms with Gasteiger partial charge in [-0.05, 0) is 6.92 Å². The summed E-state index contributed by atoms with van der Waals surface area (Å²) in [5.41, 5.74) is 0.944. The number of hydrogen-bond acceptors (Lipinski definition) is 6. The van der Waals surface area contributed by atoms with Gasteiger partial charge in [-0.3, -0.25) is 0 Å². The molecule has 0 unspecified atom stereocenters. The smallest absolute Gasteiger partial charge is 0.183 e. The van der Waals surface area contributed by atoms with Crippen molar-refractivity contribution >= 4 is 11.6 Å². The van der Waals surface area contributed by atoms with E-state index in [1.807, 2.05) is 17.9 Å². The summed E-state index contributed by atoms with van der Waals surface area (Å²) in [6.45, 7) is 4.91. The number of hydrogen-bond donors (Lipinski definition) is 0. The lowest BCUT2D eigenvalue weighted by molar-refractivity contribution is 0.581. The molecule has 3 heterocycles. The van der Waals surface area contributed by atoms with Gasteiger partial charge in [-0.2, -0.15) is 0 Å². The highest BCUT2D eigenvalue weighted by Gasteiger charge is 2.21. The van der Waals surface area contributed by atoms with Gasteiger partial charge in [0.05, 0.1) is 6.20 Å². The van der Waals surface area contributed by atoms with Crippen LogP contribution in [-0.4, -0.2) is 46.1 Å². The summed E-state index contributed by atoms with van der Waals surface area (Å²) in [5, 5.41) is 0. The summed E-state index contributed by atoms with van der Waals surface area (Å²) in [6, 6.07) is 1.96.